The van der Waals surface area contributed by atoms with Crippen molar-refractivity contribution in [1.82, 2.24) is 14.8 Å². The lowest BCUT2D eigenvalue weighted by Gasteiger charge is -2.31. The van der Waals surface area contributed by atoms with E-state index in [0.29, 0.717) is 5.88 Å². The molecule has 0 aliphatic heterocycles. The van der Waals surface area contributed by atoms with Gasteiger partial charge in [0.2, 0.25) is 0 Å². The number of hydrogen-bond acceptors (Lipinski definition) is 2. The van der Waals surface area contributed by atoms with Gasteiger partial charge >= 0.3 is 0 Å². The van der Waals surface area contributed by atoms with Gasteiger partial charge in [-0.05, 0) is 18.4 Å². The number of hydrogen-bond donors (Lipinski definition) is 0. The van der Waals surface area contributed by atoms with E-state index in [-0.39, 0.29) is 5.41 Å². The fourth-order valence-corrected chi connectivity index (χ4v) is 3.01. The second-order valence-corrected chi connectivity index (χ2v) is 5.48. The van der Waals surface area contributed by atoms with Crippen molar-refractivity contribution >= 4 is 11.6 Å². The van der Waals surface area contributed by atoms with E-state index in [1.54, 1.807) is 6.33 Å². The van der Waals surface area contributed by atoms with Crippen LogP contribution in [0.5, 0.6) is 0 Å². The van der Waals surface area contributed by atoms with Gasteiger partial charge in [0.05, 0.1) is 0 Å². The Morgan fingerprint density at radius 1 is 1.20 bits per heavy atom. The predicted molar refractivity (Wildman–Crippen MR) is 83.1 cm³/mol. The first-order valence-electron chi connectivity index (χ1n) is 7.24. The van der Waals surface area contributed by atoms with Gasteiger partial charge in [0.15, 0.2) is 0 Å². The fourth-order valence-electron chi connectivity index (χ4n) is 2.57. The molecule has 3 nitrogen and oxygen atoms in total. The van der Waals surface area contributed by atoms with E-state index < -0.39 is 0 Å². The van der Waals surface area contributed by atoms with Crippen LogP contribution in [0.25, 0.3) is 0 Å². The molecule has 1 aromatic heterocycles. The van der Waals surface area contributed by atoms with Gasteiger partial charge < -0.3 is 0 Å². The lowest BCUT2D eigenvalue weighted by molar-refractivity contribution is 0.427. The molecule has 2 aromatic rings. The van der Waals surface area contributed by atoms with Gasteiger partial charge in [0.1, 0.15) is 12.2 Å². The molecule has 1 heterocycles. The third-order valence-electron chi connectivity index (χ3n) is 3.95. The largest absolute Gasteiger partial charge is 0.250 e. The topological polar surface area (TPSA) is 30.7 Å². The summed E-state index contributed by atoms with van der Waals surface area (Å²) in [6.45, 7) is 5.25. The average Bonchev–Trinajstić information content (AvgIpc) is 2.93. The molecular formula is C16H22ClN3. The predicted octanol–water partition coefficient (Wildman–Crippen LogP) is 3.82. The smallest absolute Gasteiger partial charge is 0.138 e. The molecule has 0 fully saturated rings. The average molecular weight is 292 g/mol. The number of halogens is 1. The highest BCUT2D eigenvalue weighted by Crippen LogP contribution is 2.32. The van der Waals surface area contributed by atoms with Crippen LogP contribution >= 0.6 is 11.6 Å². The third-order valence-corrected chi connectivity index (χ3v) is 4.46. The first-order valence-corrected chi connectivity index (χ1v) is 7.77. The highest BCUT2D eigenvalue weighted by Gasteiger charge is 2.31. The van der Waals surface area contributed by atoms with Gasteiger partial charge in [0.25, 0.3) is 0 Å². The van der Waals surface area contributed by atoms with Crippen molar-refractivity contribution in [3.05, 3.63) is 48.0 Å². The molecule has 0 aliphatic carbocycles. The van der Waals surface area contributed by atoms with Crippen molar-refractivity contribution in [2.24, 2.45) is 0 Å². The van der Waals surface area contributed by atoms with Gasteiger partial charge in [-0.3, -0.25) is 4.68 Å². The Labute approximate surface area is 126 Å². The van der Waals surface area contributed by atoms with Crippen molar-refractivity contribution in [3.8, 4) is 0 Å². The highest BCUT2D eigenvalue weighted by atomic mass is 35.5. The molecular weight excluding hydrogens is 270 g/mol. The van der Waals surface area contributed by atoms with Crippen LogP contribution in [-0.4, -0.2) is 20.6 Å². The van der Waals surface area contributed by atoms with E-state index in [1.165, 1.54) is 5.56 Å². The molecule has 0 radical (unpaired) electrons. The molecule has 2 rings (SSSR count). The summed E-state index contributed by atoms with van der Waals surface area (Å²) in [7, 11) is 0. The lowest BCUT2D eigenvalue weighted by atomic mass is 9.77. The van der Waals surface area contributed by atoms with E-state index >= 15 is 0 Å². The summed E-state index contributed by atoms with van der Waals surface area (Å²) in [4.78, 5) is 4.43. The summed E-state index contributed by atoms with van der Waals surface area (Å²) in [5.41, 5.74) is 1.21. The molecule has 0 amide bonds. The Morgan fingerprint density at radius 2 is 1.95 bits per heavy atom. The van der Waals surface area contributed by atoms with Gasteiger partial charge in [-0.15, -0.1) is 11.6 Å². The van der Waals surface area contributed by atoms with Crippen molar-refractivity contribution in [2.45, 2.75) is 45.1 Å². The Kier molecular flexibility index (Phi) is 5.18. The first kappa shape index (κ1) is 15.0. The number of alkyl halides is 1. The zero-order valence-corrected chi connectivity index (χ0v) is 13.0. The van der Waals surface area contributed by atoms with E-state index in [9.17, 15) is 0 Å². The van der Waals surface area contributed by atoms with Crippen molar-refractivity contribution in [1.29, 1.82) is 0 Å². The molecule has 108 valence electrons. The minimum Gasteiger partial charge on any atom is -0.250 e. The minimum atomic E-state index is -0.0681. The summed E-state index contributed by atoms with van der Waals surface area (Å²) in [6, 6.07) is 10.5. The Hall–Kier alpha value is -1.35. The van der Waals surface area contributed by atoms with Gasteiger partial charge in [-0.2, -0.15) is 5.10 Å². The van der Waals surface area contributed by atoms with Crippen molar-refractivity contribution < 1.29 is 0 Å². The lowest BCUT2D eigenvalue weighted by Crippen LogP contribution is -2.32. The molecule has 0 saturated carbocycles. The zero-order valence-electron chi connectivity index (χ0n) is 12.2. The number of rotatable bonds is 7. The number of nitrogens with zero attached hydrogens (tertiary/aromatic N) is 3. The monoisotopic (exact) mass is 291 g/mol. The van der Waals surface area contributed by atoms with Gasteiger partial charge in [-0.25, -0.2) is 4.98 Å². The maximum absolute atomic E-state index is 6.35. The van der Waals surface area contributed by atoms with E-state index in [2.05, 4.69) is 48.2 Å². The Bertz CT molecular complexity index is 518. The maximum Gasteiger partial charge on any atom is 0.138 e. The molecule has 4 heteroatoms. The van der Waals surface area contributed by atoms with Crippen LogP contribution in [0.3, 0.4) is 0 Å². The van der Waals surface area contributed by atoms with Crippen LogP contribution in [0.2, 0.25) is 0 Å². The molecule has 1 unspecified atom stereocenters. The minimum absolute atomic E-state index is 0.0681. The second kappa shape index (κ2) is 6.89. The SMILES string of the molecule is CCCn1ncnc1CC(CC)(CCl)c1ccccc1. The molecule has 1 aromatic carbocycles. The van der Waals surface area contributed by atoms with E-state index in [4.69, 9.17) is 11.6 Å². The summed E-state index contributed by atoms with van der Waals surface area (Å²) in [5.74, 6) is 1.62. The Morgan fingerprint density at radius 3 is 2.55 bits per heavy atom. The number of aryl methyl sites for hydroxylation is 1. The van der Waals surface area contributed by atoms with Crippen LogP contribution in [0.15, 0.2) is 36.7 Å². The first-order chi connectivity index (χ1) is 9.75. The highest BCUT2D eigenvalue weighted by molar-refractivity contribution is 6.18. The summed E-state index contributed by atoms with van der Waals surface area (Å²) >= 11 is 6.35. The van der Waals surface area contributed by atoms with Gasteiger partial charge in [-0.1, -0.05) is 44.2 Å². The Balaban J connectivity index is 2.32. The summed E-state index contributed by atoms with van der Waals surface area (Å²) < 4.78 is 2.00. The summed E-state index contributed by atoms with van der Waals surface area (Å²) in [5, 5.41) is 4.31. The molecule has 0 spiro atoms. The second-order valence-electron chi connectivity index (χ2n) is 5.21. The molecule has 20 heavy (non-hydrogen) atoms. The van der Waals surface area contributed by atoms with Crippen LogP contribution < -0.4 is 0 Å². The van der Waals surface area contributed by atoms with Crippen LogP contribution in [0.1, 0.15) is 38.1 Å². The maximum atomic E-state index is 6.35. The standard InChI is InChI=1S/C16H22ClN3/c1-3-10-20-15(18-13-19-20)11-16(4-2,12-17)14-8-6-5-7-9-14/h5-9,13H,3-4,10-12H2,1-2H3. The molecule has 0 bridgehead atoms. The number of aromatic nitrogens is 3. The van der Waals surface area contributed by atoms with Crippen molar-refractivity contribution in [3.63, 3.8) is 0 Å². The fraction of sp³-hybridized carbons (Fsp3) is 0.500. The zero-order chi connectivity index (χ0) is 14.4. The molecule has 0 aliphatic rings. The van der Waals surface area contributed by atoms with Crippen molar-refractivity contribution in [2.75, 3.05) is 5.88 Å². The van der Waals surface area contributed by atoms with Gasteiger partial charge in [0, 0.05) is 24.3 Å². The quantitative estimate of drug-likeness (QED) is 0.726. The van der Waals surface area contributed by atoms with Crippen LogP contribution in [-0.2, 0) is 18.4 Å². The molecule has 0 saturated heterocycles. The van der Waals surface area contributed by atoms with Crippen LogP contribution in [0, 0.1) is 0 Å². The van der Waals surface area contributed by atoms with Crippen LogP contribution in [0.4, 0.5) is 0 Å². The molecule has 0 N–H and O–H groups in total. The van der Waals surface area contributed by atoms with E-state index in [0.717, 1.165) is 31.6 Å². The van der Waals surface area contributed by atoms with E-state index in [1.807, 2.05) is 10.7 Å². The number of benzene rings is 1. The molecule has 1 atom stereocenters. The third kappa shape index (κ3) is 3.04. The summed E-state index contributed by atoms with van der Waals surface area (Å²) in [6.07, 6.45) is 4.52. The normalized spacial score (nSPS) is 14.2.